The van der Waals surface area contributed by atoms with Crippen LogP contribution in [0.1, 0.15) is 64.0 Å². The van der Waals surface area contributed by atoms with Gasteiger partial charge in [-0.15, -0.1) is 0 Å². The molecular weight excluding hydrogens is 254 g/mol. The Balaban J connectivity index is 2.00. The number of hydrogen-bond acceptors (Lipinski definition) is 1. The Morgan fingerprint density at radius 3 is 2.42 bits per heavy atom. The molecule has 1 aromatic rings. The summed E-state index contributed by atoms with van der Waals surface area (Å²) in [4.78, 5) is 0. The van der Waals surface area contributed by atoms with E-state index in [1.54, 1.807) is 0 Å². The van der Waals surface area contributed by atoms with Crippen molar-refractivity contribution in [1.82, 2.24) is 5.32 Å². The molecule has 1 aliphatic rings. The van der Waals surface area contributed by atoms with Gasteiger partial charge in [0.2, 0.25) is 0 Å². The molecule has 0 bridgehead atoms. The Kier molecular flexibility index (Phi) is 5.72. The van der Waals surface area contributed by atoms with Gasteiger partial charge in [-0.3, -0.25) is 0 Å². The van der Waals surface area contributed by atoms with E-state index in [1.807, 2.05) is 12.1 Å². The Morgan fingerprint density at radius 2 is 1.84 bits per heavy atom. The fraction of sp³-hybridized carbons (Fsp3) is 0.647. The van der Waals surface area contributed by atoms with Gasteiger partial charge in [0.1, 0.15) is 0 Å². The summed E-state index contributed by atoms with van der Waals surface area (Å²) in [5, 5.41) is 4.67. The van der Waals surface area contributed by atoms with Crippen molar-refractivity contribution in [3.63, 3.8) is 0 Å². The average Bonchev–Trinajstić information content (AvgIpc) is 2.93. The van der Waals surface area contributed by atoms with Gasteiger partial charge >= 0.3 is 0 Å². The van der Waals surface area contributed by atoms with Crippen LogP contribution >= 0.6 is 11.6 Å². The van der Waals surface area contributed by atoms with Crippen molar-refractivity contribution >= 4 is 11.6 Å². The second kappa shape index (κ2) is 7.31. The van der Waals surface area contributed by atoms with Crippen LogP contribution in [-0.4, -0.2) is 6.04 Å². The topological polar surface area (TPSA) is 12.0 Å². The van der Waals surface area contributed by atoms with Crippen LogP contribution in [0.5, 0.6) is 0 Å². The molecule has 0 amide bonds. The first-order valence-corrected chi connectivity index (χ1v) is 8.10. The van der Waals surface area contributed by atoms with Gasteiger partial charge in [0.05, 0.1) is 0 Å². The van der Waals surface area contributed by atoms with E-state index in [0.29, 0.717) is 12.1 Å². The summed E-state index contributed by atoms with van der Waals surface area (Å²) in [7, 11) is 0. The zero-order chi connectivity index (χ0) is 13.7. The molecule has 1 aliphatic carbocycles. The summed E-state index contributed by atoms with van der Waals surface area (Å²) >= 11 is 5.98. The van der Waals surface area contributed by atoms with Crippen LogP contribution in [0.3, 0.4) is 0 Å². The smallest absolute Gasteiger partial charge is 0.0406 e. The first-order valence-electron chi connectivity index (χ1n) is 7.72. The van der Waals surface area contributed by atoms with Gasteiger partial charge in [0.25, 0.3) is 0 Å². The van der Waals surface area contributed by atoms with Crippen molar-refractivity contribution in [3.8, 4) is 0 Å². The summed E-state index contributed by atoms with van der Waals surface area (Å²) in [5.41, 5.74) is 1.37. The van der Waals surface area contributed by atoms with Gasteiger partial charge in [-0.1, -0.05) is 49.9 Å². The fourth-order valence-corrected chi connectivity index (χ4v) is 3.37. The van der Waals surface area contributed by atoms with Crippen LogP contribution in [-0.2, 0) is 0 Å². The number of halogens is 1. The molecular formula is C17H26ClN. The van der Waals surface area contributed by atoms with Crippen molar-refractivity contribution in [2.24, 2.45) is 5.92 Å². The first-order chi connectivity index (χ1) is 9.20. The highest BCUT2D eigenvalue weighted by Gasteiger charge is 2.23. The van der Waals surface area contributed by atoms with Gasteiger partial charge in [-0.2, -0.15) is 0 Å². The molecule has 1 aromatic carbocycles. The molecule has 2 heteroatoms. The zero-order valence-corrected chi connectivity index (χ0v) is 12.9. The van der Waals surface area contributed by atoms with Gasteiger partial charge in [0, 0.05) is 17.1 Å². The molecule has 1 fully saturated rings. The zero-order valence-electron chi connectivity index (χ0n) is 12.2. The van der Waals surface area contributed by atoms with Crippen molar-refractivity contribution < 1.29 is 0 Å². The molecule has 106 valence electrons. The molecule has 0 heterocycles. The molecule has 19 heavy (non-hydrogen) atoms. The minimum atomic E-state index is 0.470. The number of benzene rings is 1. The van der Waals surface area contributed by atoms with Crippen LogP contribution in [0.2, 0.25) is 5.02 Å². The molecule has 1 N–H and O–H groups in total. The van der Waals surface area contributed by atoms with Crippen molar-refractivity contribution in [3.05, 3.63) is 34.9 Å². The van der Waals surface area contributed by atoms with E-state index in [1.165, 1.54) is 44.1 Å². The lowest BCUT2D eigenvalue weighted by Crippen LogP contribution is -2.35. The Hall–Kier alpha value is -0.530. The van der Waals surface area contributed by atoms with Gasteiger partial charge in [-0.05, 0) is 49.8 Å². The van der Waals surface area contributed by atoms with Crippen LogP contribution < -0.4 is 5.32 Å². The maximum atomic E-state index is 5.98. The predicted octanol–water partition coefficient (Wildman–Crippen LogP) is 5.35. The Morgan fingerprint density at radius 1 is 1.21 bits per heavy atom. The minimum absolute atomic E-state index is 0.470. The van der Waals surface area contributed by atoms with E-state index in [0.717, 1.165) is 10.9 Å². The summed E-state index contributed by atoms with van der Waals surface area (Å²) < 4.78 is 0. The maximum absolute atomic E-state index is 5.98. The largest absolute Gasteiger partial charge is 0.307 e. The van der Waals surface area contributed by atoms with E-state index >= 15 is 0 Å². The van der Waals surface area contributed by atoms with Crippen LogP contribution in [0.25, 0.3) is 0 Å². The highest BCUT2D eigenvalue weighted by Crippen LogP contribution is 2.30. The van der Waals surface area contributed by atoms with Gasteiger partial charge in [-0.25, -0.2) is 0 Å². The molecule has 2 rings (SSSR count). The fourth-order valence-electron chi connectivity index (χ4n) is 3.24. The lowest BCUT2D eigenvalue weighted by molar-refractivity contribution is 0.333. The van der Waals surface area contributed by atoms with Crippen molar-refractivity contribution in [2.45, 2.75) is 64.5 Å². The second-order valence-electron chi connectivity index (χ2n) is 5.89. The van der Waals surface area contributed by atoms with Gasteiger partial charge < -0.3 is 5.32 Å². The number of hydrogen-bond donors (Lipinski definition) is 1. The molecule has 0 spiro atoms. The van der Waals surface area contributed by atoms with Crippen molar-refractivity contribution in [2.75, 3.05) is 0 Å². The summed E-state index contributed by atoms with van der Waals surface area (Å²) in [5.74, 6) is 0.867. The summed E-state index contributed by atoms with van der Waals surface area (Å²) in [6, 6.07) is 9.42. The molecule has 1 saturated carbocycles. The van der Waals surface area contributed by atoms with E-state index in [4.69, 9.17) is 11.6 Å². The van der Waals surface area contributed by atoms with E-state index in [2.05, 4.69) is 31.3 Å². The lowest BCUT2D eigenvalue weighted by atomic mass is 9.95. The van der Waals surface area contributed by atoms with E-state index < -0.39 is 0 Å². The molecule has 0 aromatic heterocycles. The third kappa shape index (κ3) is 4.22. The van der Waals surface area contributed by atoms with Crippen LogP contribution in [0.15, 0.2) is 24.3 Å². The molecule has 0 saturated heterocycles. The monoisotopic (exact) mass is 279 g/mol. The first kappa shape index (κ1) is 14.9. The SMILES string of the molecule is CCCC(N[C@@H](C)C1CCCC1)c1ccc(Cl)cc1. The summed E-state index contributed by atoms with van der Waals surface area (Å²) in [6.45, 7) is 4.61. The van der Waals surface area contributed by atoms with Crippen LogP contribution in [0, 0.1) is 5.92 Å². The van der Waals surface area contributed by atoms with Crippen LogP contribution in [0.4, 0.5) is 0 Å². The molecule has 1 unspecified atom stereocenters. The minimum Gasteiger partial charge on any atom is -0.307 e. The van der Waals surface area contributed by atoms with Crippen molar-refractivity contribution in [1.29, 1.82) is 0 Å². The second-order valence-corrected chi connectivity index (χ2v) is 6.33. The molecule has 2 atom stereocenters. The highest BCUT2D eigenvalue weighted by molar-refractivity contribution is 6.30. The maximum Gasteiger partial charge on any atom is 0.0406 e. The Bertz CT molecular complexity index is 367. The molecule has 0 radical (unpaired) electrons. The van der Waals surface area contributed by atoms with E-state index in [9.17, 15) is 0 Å². The summed E-state index contributed by atoms with van der Waals surface area (Å²) in [6.07, 6.45) is 8.02. The standard InChI is InChI=1S/C17H26ClN/c1-3-6-17(15-9-11-16(18)12-10-15)19-13(2)14-7-4-5-8-14/h9-14,17,19H,3-8H2,1-2H3/t13-,17?/m0/s1. The predicted molar refractivity (Wildman–Crippen MR) is 83.7 cm³/mol. The third-order valence-corrected chi connectivity index (χ3v) is 4.67. The average molecular weight is 280 g/mol. The Labute approximate surface area is 122 Å². The van der Waals surface area contributed by atoms with Gasteiger partial charge in [0.15, 0.2) is 0 Å². The normalized spacial score (nSPS) is 19.5. The quantitative estimate of drug-likeness (QED) is 0.740. The van der Waals surface area contributed by atoms with E-state index in [-0.39, 0.29) is 0 Å². The molecule has 1 nitrogen and oxygen atoms in total. The number of nitrogens with one attached hydrogen (secondary N) is 1. The third-order valence-electron chi connectivity index (χ3n) is 4.42. The highest BCUT2D eigenvalue weighted by atomic mass is 35.5. The lowest BCUT2D eigenvalue weighted by Gasteiger charge is -2.27. The molecule has 0 aliphatic heterocycles. The number of rotatable bonds is 6.